The van der Waals surface area contributed by atoms with Crippen LogP contribution < -0.4 is 5.73 Å². The van der Waals surface area contributed by atoms with Crippen molar-refractivity contribution in [3.8, 4) is 11.8 Å². The third-order valence-corrected chi connectivity index (χ3v) is 2.03. The second-order valence-corrected chi connectivity index (χ2v) is 3.20. The van der Waals surface area contributed by atoms with Gasteiger partial charge in [0, 0.05) is 18.9 Å². The Balaban J connectivity index is 2.66. The van der Waals surface area contributed by atoms with E-state index in [9.17, 15) is 0 Å². The van der Waals surface area contributed by atoms with Gasteiger partial charge in [0.1, 0.15) is 0 Å². The summed E-state index contributed by atoms with van der Waals surface area (Å²) < 4.78 is 2.01. The molecule has 0 radical (unpaired) electrons. The largest absolute Gasteiger partial charge is 0.325 e. The normalized spacial score (nSPS) is 11.9. The first-order valence-electron chi connectivity index (χ1n) is 5.06. The second kappa shape index (κ2) is 5.46. The molecule has 3 nitrogen and oxygen atoms in total. The Morgan fingerprint density at radius 3 is 3.00 bits per heavy atom. The molecule has 0 saturated carbocycles. The molecular formula is C11H17N3. The molecule has 0 aliphatic rings. The van der Waals surface area contributed by atoms with Crippen LogP contribution in [0.3, 0.4) is 0 Å². The third kappa shape index (κ3) is 2.90. The Bertz CT molecular complexity index is 330. The fourth-order valence-corrected chi connectivity index (χ4v) is 1.23. The van der Waals surface area contributed by atoms with Crippen molar-refractivity contribution in [2.75, 3.05) is 0 Å². The zero-order valence-electron chi connectivity index (χ0n) is 8.83. The van der Waals surface area contributed by atoms with E-state index in [-0.39, 0.29) is 6.04 Å². The molecule has 3 heteroatoms. The predicted octanol–water partition coefficient (Wildman–Crippen LogP) is 1.38. The summed E-state index contributed by atoms with van der Waals surface area (Å²) in [5.41, 5.74) is 5.78. The molecule has 1 heterocycles. The van der Waals surface area contributed by atoms with Crippen molar-refractivity contribution in [2.45, 2.75) is 39.3 Å². The lowest BCUT2D eigenvalue weighted by Crippen LogP contribution is -2.16. The van der Waals surface area contributed by atoms with Crippen molar-refractivity contribution in [2.24, 2.45) is 5.73 Å². The molecule has 0 saturated heterocycles. The van der Waals surface area contributed by atoms with Crippen LogP contribution in [0, 0.1) is 11.8 Å². The van der Waals surface area contributed by atoms with Gasteiger partial charge in [-0.05, 0) is 19.3 Å². The Kier molecular flexibility index (Phi) is 4.21. The number of hydrogen-bond donors (Lipinski definition) is 1. The minimum absolute atomic E-state index is 0.0259. The van der Waals surface area contributed by atoms with Gasteiger partial charge in [0.15, 0.2) is 5.82 Å². The van der Waals surface area contributed by atoms with E-state index in [1.54, 1.807) is 6.20 Å². The van der Waals surface area contributed by atoms with Crippen molar-refractivity contribution < 1.29 is 0 Å². The van der Waals surface area contributed by atoms with Gasteiger partial charge >= 0.3 is 0 Å². The maximum atomic E-state index is 5.78. The number of aryl methyl sites for hydroxylation is 1. The lowest BCUT2D eigenvalue weighted by molar-refractivity contribution is 0.718. The Morgan fingerprint density at radius 1 is 1.57 bits per heavy atom. The van der Waals surface area contributed by atoms with E-state index < -0.39 is 0 Å². The molecule has 14 heavy (non-hydrogen) atoms. The first-order chi connectivity index (χ1) is 6.77. The lowest BCUT2D eigenvalue weighted by Gasteiger charge is -2.00. The number of nitrogens with zero attached hydrogens (tertiary/aromatic N) is 2. The molecule has 0 aliphatic heterocycles. The molecule has 0 aromatic carbocycles. The second-order valence-electron chi connectivity index (χ2n) is 3.20. The van der Waals surface area contributed by atoms with Crippen molar-refractivity contribution in [3.63, 3.8) is 0 Å². The van der Waals surface area contributed by atoms with Gasteiger partial charge < -0.3 is 10.3 Å². The van der Waals surface area contributed by atoms with E-state index in [0.29, 0.717) is 0 Å². The summed E-state index contributed by atoms with van der Waals surface area (Å²) in [6.07, 6.45) is 5.70. The molecule has 0 fully saturated rings. The molecule has 1 aromatic rings. The zero-order valence-corrected chi connectivity index (χ0v) is 8.83. The number of hydrogen-bond acceptors (Lipinski definition) is 2. The van der Waals surface area contributed by atoms with Crippen LogP contribution in [0.4, 0.5) is 0 Å². The van der Waals surface area contributed by atoms with Crippen LogP contribution in [0.25, 0.3) is 0 Å². The minimum Gasteiger partial charge on any atom is -0.325 e. The van der Waals surface area contributed by atoms with Gasteiger partial charge in [-0.3, -0.25) is 0 Å². The van der Waals surface area contributed by atoms with Gasteiger partial charge in [-0.15, -0.1) is 0 Å². The summed E-state index contributed by atoms with van der Waals surface area (Å²) >= 11 is 0. The molecule has 1 atom stereocenters. The Morgan fingerprint density at radius 2 is 2.36 bits per heavy atom. The van der Waals surface area contributed by atoms with Crippen molar-refractivity contribution in [1.29, 1.82) is 0 Å². The fourth-order valence-electron chi connectivity index (χ4n) is 1.23. The SMILES string of the molecule is CCCC(N)C#Cc1nccn1CC. The standard InChI is InChI=1S/C11H17N3/c1-3-5-10(12)6-7-11-13-8-9-14(11)4-2/h8-10H,3-5,12H2,1-2H3. The quantitative estimate of drug-likeness (QED) is 0.733. The smallest absolute Gasteiger partial charge is 0.185 e. The molecular weight excluding hydrogens is 174 g/mol. The van der Waals surface area contributed by atoms with Gasteiger partial charge in [0.05, 0.1) is 6.04 Å². The third-order valence-electron chi connectivity index (χ3n) is 2.03. The van der Waals surface area contributed by atoms with Gasteiger partial charge in [-0.25, -0.2) is 4.98 Å². The van der Waals surface area contributed by atoms with Crippen LogP contribution in [-0.4, -0.2) is 15.6 Å². The summed E-state index contributed by atoms with van der Waals surface area (Å²) in [4.78, 5) is 4.15. The van der Waals surface area contributed by atoms with Crippen LogP contribution >= 0.6 is 0 Å². The van der Waals surface area contributed by atoms with Crippen molar-refractivity contribution in [3.05, 3.63) is 18.2 Å². The zero-order chi connectivity index (χ0) is 10.4. The molecule has 0 amide bonds. The summed E-state index contributed by atoms with van der Waals surface area (Å²) in [5, 5.41) is 0. The number of aromatic nitrogens is 2. The van der Waals surface area contributed by atoms with Gasteiger partial charge in [0.25, 0.3) is 0 Å². The summed E-state index contributed by atoms with van der Waals surface area (Å²) in [5.74, 6) is 6.82. The van der Waals surface area contributed by atoms with E-state index in [4.69, 9.17) is 5.73 Å². The maximum Gasteiger partial charge on any atom is 0.185 e. The molecule has 0 bridgehead atoms. The Labute approximate surface area is 85.3 Å². The molecule has 0 aliphatic carbocycles. The average molecular weight is 191 g/mol. The highest BCUT2D eigenvalue weighted by Gasteiger charge is 1.97. The molecule has 1 aromatic heterocycles. The lowest BCUT2D eigenvalue weighted by atomic mass is 10.2. The molecule has 76 valence electrons. The van der Waals surface area contributed by atoms with Crippen molar-refractivity contribution >= 4 is 0 Å². The average Bonchev–Trinajstić information content (AvgIpc) is 2.62. The van der Waals surface area contributed by atoms with Crippen LogP contribution in [0.1, 0.15) is 32.5 Å². The first kappa shape index (κ1) is 10.8. The minimum atomic E-state index is -0.0259. The van der Waals surface area contributed by atoms with Crippen LogP contribution in [0.5, 0.6) is 0 Å². The topological polar surface area (TPSA) is 43.8 Å². The number of imidazole rings is 1. The van der Waals surface area contributed by atoms with Crippen molar-refractivity contribution in [1.82, 2.24) is 9.55 Å². The van der Waals surface area contributed by atoms with Gasteiger partial charge in [-0.2, -0.15) is 0 Å². The van der Waals surface area contributed by atoms with E-state index in [1.807, 2.05) is 10.8 Å². The Hall–Kier alpha value is -1.27. The highest BCUT2D eigenvalue weighted by Crippen LogP contribution is 1.96. The maximum absolute atomic E-state index is 5.78. The first-order valence-corrected chi connectivity index (χ1v) is 5.06. The van der Waals surface area contributed by atoms with E-state index in [1.165, 1.54) is 0 Å². The fraction of sp³-hybridized carbons (Fsp3) is 0.545. The van der Waals surface area contributed by atoms with Crippen LogP contribution in [0.2, 0.25) is 0 Å². The van der Waals surface area contributed by atoms with Gasteiger partial charge in [-0.1, -0.05) is 19.3 Å². The predicted molar refractivity (Wildman–Crippen MR) is 57.7 cm³/mol. The summed E-state index contributed by atoms with van der Waals surface area (Å²) in [6.45, 7) is 5.07. The number of nitrogens with two attached hydrogens (primary N) is 1. The monoisotopic (exact) mass is 191 g/mol. The molecule has 0 spiro atoms. The highest BCUT2D eigenvalue weighted by molar-refractivity contribution is 5.23. The van der Waals surface area contributed by atoms with E-state index in [0.717, 1.165) is 25.2 Å². The highest BCUT2D eigenvalue weighted by atomic mass is 15.0. The summed E-state index contributed by atoms with van der Waals surface area (Å²) in [7, 11) is 0. The van der Waals surface area contributed by atoms with Crippen LogP contribution in [0.15, 0.2) is 12.4 Å². The molecule has 2 N–H and O–H groups in total. The summed E-state index contributed by atoms with van der Waals surface area (Å²) in [6, 6.07) is -0.0259. The van der Waals surface area contributed by atoms with E-state index in [2.05, 4.69) is 30.7 Å². The molecule has 1 rings (SSSR count). The van der Waals surface area contributed by atoms with E-state index >= 15 is 0 Å². The van der Waals surface area contributed by atoms with Crippen LogP contribution in [-0.2, 0) is 6.54 Å². The molecule has 1 unspecified atom stereocenters. The van der Waals surface area contributed by atoms with Gasteiger partial charge in [0.2, 0.25) is 0 Å². The number of rotatable bonds is 3.